The number of carbonyl (C=O) groups is 2. The molecule has 134 valence electrons. The van der Waals surface area contributed by atoms with E-state index in [0.29, 0.717) is 30.1 Å². The van der Waals surface area contributed by atoms with Crippen LogP contribution in [0.5, 0.6) is 0 Å². The zero-order chi connectivity index (χ0) is 18.5. The van der Waals surface area contributed by atoms with Gasteiger partial charge in [-0.25, -0.2) is 0 Å². The maximum absolute atomic E-state index is 12.4. The number of H-pyrrole nitrogens is 1. The minimum absolute atomic E-state index is 0.0235. The Hall–Kier alpha value is -2.92. The standard InChI is InChI=1S/C18H19N5O2S/c1-2-8-19-15(24)12-23-17(20-21-18(23)26)14-9-16(25)22(11-14)10-13-6-4-3-5-7-13/h1,3-7,14H,8-12H2,(H,19,24)(H,21,26). The van der Waals surface area contributed by atoms with Gasteiger partial charge in [0.15, 0.2) is 4.77 Å². The van der Waals surface area contributed by atoms with Gasteiger partial charge in [0, 0.05) is 25.4 Å². The molecule has 2 aromatic rings. The summed E-state index contributed by atoms with van der Waals surface area (Å²) < 4.78 is 1.98. The van der Waals surface area contributed by atoms with Crippen LogP contribution in [-0.2, 0) is 22.7 Å². The molecule has 0 aliphatic carbocycles. The molecule has 1 atom stereocenters. The summed E-state index contributed by atoms with van der Waals surface area (Å²) in [6.07, 6.45) is 5.50. The molecule has 1 aromatic heterocycles. The first kappa shape index (κ1) is 17.9. The molecule has 7 nitrogen and oxygen atoms in total. The summed E-state index contributed by atoms with van der Waals surface area (Å²) in [4.78, 5) is 26.2. The van der Waals surface area contributed by atoms with Crippen LogP contribution in [0.25, 0.3) is 0 Å². The first-order chi connectivity index (χ1) is 12.6. The highest BCUT2D eigenvalue weighted by atomic mass is 32.1. The summed E-state index contributed by atoms with van der Waals surface area (Å²) in [7, 11) is 0. The van der Waals surface area contributed by atoms with Crippen LogP contribution >= 0.6 is 12.2 Å². The lowest BCUT2D eigenvalue weighted by atomic mass is 10.1. The Balaban J connectivity index is 1.72. The quantitative estimate of drug-likeness (QED) is 0.592. The fourth-order valence-corrected chi connectivity index (χ4v) is 3.25. The van der Waals surface area contributed by atoms with Crippen molar-refractivity contribution in [3.63, 3.8) is 0 Å². The first-order valence-electron chi connectivity index (χ1n) is 8.25. The number of aromatic nitrogens is 3. The topological polar surface area (TPSA) is 83.0 Å². The maximum Gasteiger partial charge on any atom is 0.240 e. The van der Waals surface area contributed by atoms with Gasteiger partial charge in [0.25, 0.3) is 0 Å². The monoisotopic (exact) mass is 369 g/mol. The normalized spacial score (nSPS) is 16.5. The number of likely N-dealkylation sites (tertiary alicyclic amines) is 1. The number of nitrogens with one attached hydrogen (secondary N) is 2. The Morgan fingerprint density at radius 2 is 2.19 bits per heavy atom. The largest absolute Gasteiger partial charge is 0.344 e. The number of terminal acetylenes is 1. The second kappa shape index (κ2) is 7.97. The molecule has 1 unspecified atom stereocenters. The van der Waals surface area contributed by atoms with Crippen molar-refractivity contribution in [2.24, 2.45) is 0 Å². The zero-order valence-electron chi connectivity index (χ0n) is 14.1. The molecule has 26 heavy (non-hydrogen) atoms. The van der Waals surface area contributed by atoms with Crippen LogP contribution in [0.3, 0.4) is 0 Å². The molecule has 1 aliphatic rings. The molecule has 0 spiro atoms. The highest BCUT2D eigenvalue weighted by Gasteiger charge is 2.34. The average Bonchev–Trinajstić information content (AvgIpc) is 3.17. The predicted octanol–water partition coefficient (Wildman–Crippen LogP) is 1.21. The molecule has 0 saturated carbocycles. The summed E-state index contributed by atoms with van der Waals surface area (Å²) in [5.74, 6) is 2.69. The van der Waals surface area contributed by atoms with Gasteiger partial charge in [-0.3, -0.25) is 19.3 Å². The highest BCUT2D eigenvalue weighted by Crippen LogP contribution is 2.28. The smallest absolute Gasteiger partial charge is 0.240 e. The molecular formula is C18H19N5O2S. The average molecular weight is 369 g/mol. The van der Waals surface area contributed by atoms with Crippen LogP contribution in [0.1, 0.15) is 23.7 Å². The first-order valence-corrected chi connectivity index (χ1v) is 8.66. The predicted molar refractivity (Wildman–Crippen MR) is 98.5 cm³/mol. The van der Waals surface area contributed by atoms with E-state index in [4.69, 9.17) is 18.6 Å². The van der Waals surface area contributed by atoms with E-state index in [0.717, 1.165) is 5.56 Å². The van der Waals surface area contributed by atoms with E-state index < -0.39 is 0 Å². The summed E-state index contributed by atoms with van der Waals surface area (Å²) in [5.41, 5.74) is 1.08. The van der Waals surface area contributed by atoms with Gasteiger partial charge in [0.2, 0.25) is 11.8 Å². The Labute approximate surface area is 156 Å². The summed E-state index contributed by atoms with van der Waals surface area (Å²) in [6.45, 7) is 1.28. The Morgan fingerprint density at radius 3 is 2.92 bits per heavy atom. The van der Waals surface area contributed by atoms with Crippen molar-refractivity contribution >= 4 is 24.0 Å². The molecule has 2 N–H and O–H groups in total. The van der Waals surface area contributed by atoms with Crippen LogP contribution in [0.4, 0.5) is 0 Å². The van der Waals surface area contributed by atoms with Gasteiger partial charge in [-0.1, -0.05) is 36.3 Å². The number of hydrogen-bond acceptors (Lipinski definition) is 4. The van der Waals surface area contributed by atoms with Crippen LogP contribution in [0.15, 0.2) is 30.3 Å². The van der Waals surface area contributed by atoms with Crippen molar-refractivity contribution in [2.45, 2.75) is 25.4 Å². The number of aromatic amines is 1. The molecular weight excluding hydrogens is 350 g/mol. The number of nitrogens with zero attached hydrogens (tertiary/aromatic N) is 3. The Morgan fingerprint density at radius 1 is 1.42 bits per heavy atom. The minimum Gasteiger partial charge on any atom is -0.344 e. The Bertz CT molecular complexity index is 896. The van der Waals surface area contributed by atoms with Crippen molar-refractivity contribution in [3.8, 4) is 12.3 Å². The third kappa shape index (κ3) is 4.00. The lowest BCUT2D eigenvalue weighted by Gasteiger charge is -2.17. The second-order valence-electron chi connectivity index (χ2n) is 6.11. The van der Waals surface area contributed by atoms with Crippen LogP contribution in [0.2, 0.25) is 0 Å². The molecule has 1 aromatic carbocycles. The van der Waals surface area contributed by atoms with Gasteiger partial charge in [0.1, 0.15) is 12.4 Å². The molecule has 1 aliphatic heterocycles. The van der Waals surface area contributed by atoms with Gasteiger partial charge in [-0.2, -0.15) is 5.10 Å². The van der Waals surface area contributed by atoms with Crippen LogP contribution in [-0.4, -0.2) is 44.6 Å². The van der Waals surface area contributed by atoms with E-state index in [1.807, 2.05) is 30.3 Å². The Kier molecular flexibility index (Phi) is 5.49. The molecule has 1 fully saturated rings. The number of carbonyl (C=O) groups excluding carboxylic acids is 2. The van der Waals surface area contributed by atoms with Gasteiger partial charge < -0.3 is 10.2 Å². The van der Waals surface area contributed by atoms with E-state index in [-0.39, 0.29) is 30.8 Å². The summed E-state index contributed by atoms with van der Waals surface area (Å²) in [6, 6.07) is 9.83. The summed E-state index contributed by atoms with van der Waals surface area (Å²) >= 11 is 5.23. The number of rotatable bonds is 6. The van der Waals surface area contributed by atoms with E-state index in [2.05, 4.69) is 21.4 Å². The lowest BCUT2D eigenvalue weighted by molar-refractivity contribution is -0.128. The van der Waals surface area contributed by atoms with E-state index in [9.17, 15) is 9.59 Å². The minimum atomic E-state index is -0.243. The van der Waals surface area contributed by atoms with Crippen molar-refractivity contribution < 1.29 is 9.59 Å². The fourth-order valence-electron chi connectivity index (χ4n) is 3.05. The number of benzene rings is 1. The molecule has 0 radical (unpaired) electrons. The number of hydrogen-bond donors (Lipinski definition) is 2. The van der Waals surface area contributed by atoms with Gasteiger partial charge in [-0.15, -0.1) is 6.42 Å². The van der Waals surface area contributed by atoms with Gasteiger partial charge in [-0.05, 0) is 17.8 Å². The van der Waals surface area contributed by atoms with Crippen LogP contribution in [0, 0.1) is 17.1 Å². The lowest BCUT2D eigenvalue weighted by Crippen LogP contribution is -2.29. The molecule has 8 heteroatoms. The third-order valence-corrected chi connectivity index (χ3v) is 4.58. The maximum atomic E-state index is 12.4. The van der Waals surface area contributed by atoms with Gasteiger partial charge >= 0.3 is 0 Å². The van der Waals surface area contributed by atoms with Crippen molar-refractivity contribution in [3.05, 3.63) is 46.5 Å². The van der Waals surface area contributed by atoms with Crippen LogP contribution < -0.4 is 5.32 Å². The van der Waals surface area contributed by atoms with Gasteiger partial charge in [0.05, 0.1) is 6.54 Å². The highest BCUT2D eigenvalue weighted by molar-refractivity contribution is 7.71. The molecule has 2 heterocycles. The molecule has 3 rings (SSSR count). The molecule has 2 amide bonds. The fraction of sp³-hybridized carbons (Fsp3) is 0.333. The second-order valence-corrected chi connectivity index (χ2v) is 6.50. The number of amides is 2. The van der Waals surface area contributed by atoms with E-state index in [1.54, 1.807) is 9.47 Å². The molecule has 1 saturated heterocycles. The van der Waals surface area contributed by atoms with Crippen molar-refractivity contribution in [1.82, 2.24) is 25.0 Å². The zero-order valence-corrected chi connectivity index (χ0v) is 15.0. The SMILES string of the molecule is C#CCNC(=O)Cn1c(C2CC(=O)N(Cc3ccccc3)C2)n[nH]c1=S. The van der Waals surface area contributed by atoms with E-state index in [1.165, 1.54) is 0 Å². The van der Waals surface area contributed by atoms with Crippen molar-refractivity contribution in [1.29, 1.82) is 0 Å². The van der Waals surface area contributed by atoms with E-state index >= 15 is 0 Å². The molecule has 0 bridgehead atoms. The third-order valence-electron chi connectivity index (χ3n) is 4.27. The summed E-state index contributed by atoms with van der Waals surface area (Å²) in [5, 5.41) is 9.58. The van der Waals surface area contributed by atoms with Crippen molar-refractivity contribution in [2.75, 3.05) is 13.1 Å².